The second-order valence-corrected chi connectivity index (χ2v) is 3.94. The predicted molar refractivity (Wildman–Crippen MR) is 45.9 cm³/mol. The van der Waals surface area contributed by atoms with E-state index < -0.39 is 0 Å². The summed E-state index contributed by atoms with van der Waals surface area (Å²) in [6.45, 7) is 1.61. The van der Waals surface area contributed by atoms with Gasteiger partial charge < -0.3 is 0 Å². The van der Waals surface area contributed by atoms with Gasteiger partial charge in [0.2, 0.25) is 0 Å². The molecule has 1 N–H and O–H groups in total. The Balaban J connectivity index is 2.14. The van der Waals surface area contributed by atoms with Gasteiger partial charge in [-0.25, -0.2) is 0 Å². The second-order valence-electron chi connectivity index (χ2n) is 2.81. The van der Waals surface area contributed by atoms with E-state index in [2.05, 4.69) is 9.71 Å². The van der Waals surface area contributed by atoms with E-state index in [0.29, 0.717) is 17.5 Å². The Morgan fingerprint density at radius 2 is 2.64 bits per heavy atom. The monoisotopic (exact) mass is 170 g/mol. The van der Waals surface area contributed by atoms with Crippen molar-refractivity contribution < 1.29 is 4.79 Å². The molecule has 1 fully saturated rings. The lowest BCUT2D eigenvalue weighted by Crippen LogP contribution is -2.23. The van der Waals surface area contributed by atoms with Crippen LogP contribution in [0.2, 0.25) is 0 Å². The van der Waals surface area contributed by atoms with E-state index in [1.807, 2.05) is 6.21 Å². The highest BCUT2D eigenvalue weighted by Crippen LogP contribution is 2.25. The van der Waals surface area contributed by atoms with E-state index in [1.54, 1.807) is 11.9 Å². The van der Waals surface area contributed by atoms with Crippen LogP contribution in [0.3, 0.4) is 0 Å². The smallest absolute Gasteiger partial charge is 0.143 e. The summed E-state index contributed by atoms with van der Waals surface area (Å²) in [5, 5.41) is 0.366. The SMILES string of the molecule is O=C1CCNSC2CN=CC12. The van der Waals surface area contributed by atoms with E-state index in [9.17, 15) is 4.79 Å². The third-order valence-corrected chi connectivity index (χ3v) is 3.15. The van der Waals surface area contributed by atoms with Crippen LogP contribution in [-0.2, 0) is 4.79 Å². The van der Waals surface area contributed by atoms with Gasteiger partial charge in [-0.3, -0.25) is 14.5 Å². The molecule has 1 saturated heterocycles. The van der Waals surface area contributed by atoms with Gasteiger partial charge in [-0.1, -0.05) is 11.9 Å². The summed E-state index contributed by atoms with van der Waals surface area (Å²) >= 11 is 1.66. The average molecular weight is 170 g/mol. The quantitative estimate of drug-likeness (QED) is 0.530. The minimum atomic E-state index is 0.0926. The molecule has 3 nitrogen and oxygen atoms in total. The van der Waals surface area contributed by atoms with Gasteiger partial charge in [0.15, 0.2) is 0 Å². The minimum Gasteiger partial charge on any atom is -0.299 e. The van der Waals surface area contributed by atoms with Crippen LogP contribution in [0.15, 0.2) is 4.99 Å². The van der Waals surface area contributed by atoms with Gasteiger partial charge in [-0.05, 0) is 0 Å². The molecule has 0 aliphatic carbocycles. The first kappa shape index (κ1) is 7.31. The van der Waals surface area contributed by atoms with Crippen LogP contribution < -0.4 is 4.72 Å². The van der Waals surface area contributed by atoms with Gasteiger partial charge >= 0.3 is 0 Å². The van der Waals surface area contributed by atoms with Gasteiger partial charge in [0.1, 0.15) is 5.78 Å². The van der Waals surface area contributed by atoms with Gasteiger partial charge in [0.05, 0.1) is 17.7 Å². The largest absolute Gasteiger partial charge is 0.299 e. The molecule has 2 rings (SSSR count). The first-order valence-corrected chi connectivity index (χ1v) is 4.67. The lowest BCUT2D eigenvalue weighted by atomic mass is 10.0. The summed E-state index contributed by atoms with van der Waals surface area (Å²) in [6.07, 6.45) is 2.47. The third-order valence-electron chi connectivity index (χ3n) is 2.03. The topological polar surface area (TPSA) is 41.5 Å². The summed E-state index contributed by atoms with van der Waals surface area (Å²) in [5.74, 6) is 0.434. The van der Waals surface area contributed by atoms with Crippen LogP contribution in [0.1, 0.15) is 6.42 Å². The van der Waals surface area contributed by atoms with Crippen LogP contribution in [-0.4, -0.2) is 30.3 Å². The molecule has 0 amide bonds. The van der Waals surface area contributed by atoms with Crippen molar-refractivity contribution in [3.05, 3.63) is 0 Å². The highest BCUT2D eigenvalue weighted by molar-refractivity contribution is 7.98. The van der Waals surface area contributed by atoms with Crippen molar-refractivity contribution in [2.75, 3.05) is 13.1 Å². The van der Waals surface area contributed by atoms with E-state index in [0.717, 1.165) is 13.1 Å². The fourth-order valence-electron chi connectivity index (χ4n) is 1.40. The number of fused-ring (bicyclic) bond motifs is 1. The number of nitrogens with one attached hydrogen (secondary N) is 1. The first-order valence-electron chi connectivity index (χ1n) is 3.79. The molecule has 0 spiro atoms. The molecular weight excluding hydrogens is 160 g/mol. The Bertz CT molecular complexity index is 205. The lowest BCUT2D eigenvalue weighted by Gasteiger charge is -2.10. The van der Waals surface area contributed by atoms with Crippen molar-refractivity contribution in [2.45, 2.75) is 11.7 Å². The Hall–Kier alpha value is -0.350. The Labute approximate surface area is 69.8 Å². The zero-order valence-corrected chi connectivity index (χ0v) is 6.93. The van der Waals surface area contributed by atoms with Gasteiger partial charge in [0, 0.05) is 19.2 Å². The molecule has 11 heavy (non-hydrogen) atoms. The van der Waals surface area contributed by atoms with Crippen LogP contribution in [0.5, 0.6) is 0 Å². The average Bonchev–Trinajstić information content (AvgIpc) is 2.40. The number of rotatable bonds is 0. The molecule has 4 heteroatoms. The molecule has 2 unspecified atom stereocenters. The highest BCUT2D eigenvalue weighted by Gasteiger charge is 2.32. The fraction of sp³-hybridized carbons (Fsp3) is 0.714. The number of hydrogen-bond donors (Lipinski definition) is 1. The zero-order chi connectivity index (χ0) is 7.68. The number of hydrogen-bond acceptors (Lipinski definition) is 4. The first-order chi connectivity index (χ1) is 5.38. The predicted octanol–water partition coefficient (Wildman–Crippen LogP) is 0.266. The van der Waals surface area contributed by atoms with E-state index in [-0.39, 0.29) is 5.92 Å². The molecule has 60 valence electrons. The Morgan fingerprint density at radius 1 is 1.73 bits per heavy atom. The van der Waals surface area contributed by atoms with Crippen molar-refractivity contribution in [1.29, 1.82) is 0 Å². The molecule has 0 bridgehead atoms. The molecule has 2 heterocycles. The normalized spacial score (nSPS) is 36.9. The molecule has 2 aliphatic rings. The van der Waals surface area contributed by atoms with E-state index in [4.69, 9.17) is 0 Å². The number of ketones is 1. The maximum Gasteiger partial charge on any atom is 0.143 e. The van der Waals surface area contributed by atoms with Crippen molar-refractivity contribution in [3.63, 3.8) is 0 Å². The zero-order valence-electron chi connectivity index (χ0n) is 6.12. The summed E-state index contributed by atoms with van der Waals surface area (Å²) < 4.78 is 3.16. The van der Waals surface area contributed by atoms with E-state index in [1.165, 1.54) is 0 Å². The van der Waals surface area contributed by atoms with Crippen LogP contribution in [0.4, 0.5) is 0 Å². The van der Waals surface area contributed by atoms with Crippen molar-refractivity contribution in [1.82, 2.24) is 4.72 Å². The number of nitrogens with zero attached hydrogens (tertiary/aromatic N) is 1. The summed E-state index contributed by atoms with van der Waals surface area (Å²) in [4.78, 5) is 15.5. The Morgan fingerprint density at radius 3 is 3.55 bits per heavy atom. The maximum absolute atomic E-state index is 11.4. The second kappa shape index (κ2) is 2.95. The van der Waals surface area contributed by atoms with E-state index >= 15 is 0 Å². The van der Waals surface area contributed by atoms with Gasteiger partial charge in [-0.2, -0.15) is 0 Å². The number of Topliss-reactive ketones (excluding diaryl/α,β-unsaturated/α-hetero) is 1. The third kappa shape index (κ3) is 1.32. The molecular formula is C7H10N2OS. The molecule has 2 atom stereocenters. The number of aliphatic imine (C=N–C) groups is 1. The Kier molecular flexibility index (Phi) is 1.96. The summed E-state index contributed by atoms with van der Waals surface area (Å²) in [5.41, 5.74) is 0. The van der Waals surface area contributed by atoms with Crippen molar-refractivity contribution in [2.24, 2.45) is 10.9 Å². The molecule has 0 aromatic carbocycles. The minimum absolute atomic E-state index is 0.0926. The van der Waals surface area contributed by atoms with Gasteiger partial charge in [-0.15, -0.1) is 0 Å². The number of carbonyl (C=O) groups excluding carboxylic acids is 1. The molecule has 2 aliphatic heterocycles. The standard InChI is InChI=1S/C7H10N2OS/c10-6-1-2-9-11-7-4-8-3-5(6)7/h3,5,7,9H,1-2,4H2. The van der Waals surface area contributed by atoms with Crippen molar-refractivity contribution >= 4 is 23.9 Å². The van der Waals surface area contributed by atoms with Crippen LogP contribution in [0.25, 0.3) is 0 Å². The van der Waals surface area contributed by atoms with Crippen LogP contribution in [0, 0.1) is 5.92 Å². The highest BCUT2D eigenvalue weighted by atomic mass is 32.2. The van der Waals surface area contributed by atoms with Crippen LogP contribution >= 0.6 is 11.9 Å². The molecule has 0 aromatic rings. The summed E-state index contributed by atoms with van der Waals surface area (Å²) in [6, 6.07) is 0. The molecule has 0 aromatic heterocycles. The molecule has 0 saturated carbocycles. The van der Waals surface area contributed by atoms with Crippen molar-refractivity contribution in [3.8, 4) is 0 Å². The molecule has 0 radical (unpaired) electrons. The van der Waals surface area contributed by atoms with Gasteiger partial charge in [0.25, 0.3) is 0 Å². The fourth-order valence-corrected chi connectivity index (χ4v) is 2.36. The summed E-state index contributed by atoms with van der Waals surface area (Å²) in [7, 11) is 0. The number of carbonyl (C=O) groups is 1. The maximum atomic E-state index is 11.4. The lowest BCUT2D eigenvalue weighted by molar-refractivity contribution is -0.120.